The summed E-state index contributed by atoms with van der Waals surface area (Å²) in [6.07, 6.45) is -0.449. The second-order valence-corrected chi connectivity index (χ2v) is 8.00. The molecule has 0 aliphatic heterocycles. The lowest BCUT2D eigenvalue weighted by Gasteiger charge is -2.31. The number of carbonyl (C=O) groups is 2. The molecule has 1 unspecified atom stereocenters. The van der Waals surface area contributed by atoms with Gasteiger partial charge in [-0.3, -0.25) is 4.79 Å². The number of primary amides is 1. The summed E-state index contributed by atoms with van der Waals surface area (Å²) in [5.74, 6) is -0.332. The number of ether oxygens (including phenoxy) is 1. The highest BCUT2D eigenvalue weighted by Gasteiger charge is 2.33. The maximum Gasteiger partial charge on any atom is 0.405 e. The third-order valence-corrected chi connectivity index (χ3v) is 4.78. The number of rotatable bonds is 8. The van der Waals surface area contributed by atoms with Gasteiger partial charge in [0.15, 0.2) is 0 Å². The van der Waals surface area contributed by atoms with E-state index in [1.165, 1.54) is 0 Å². The number of hydrogen-bond donors (Lipinski definition) is 2. The Hall–Kier alpha value is -2.82. The molecule has 2 rings (SSSR count). The number of benzene rings is 2. The van der Waals surface area contributed by atoms with E-state index in [1.807, 2.05) is 74.5 Å². The van der Waals surface area contributed by atoms with Crippen LogP contribution < -0.4 is 11.1 Å². The highest BCUT2D eigenvalue weighted by atomic mass is 16.6. The molecule has 0 radical (unpaired) electrons. The molecule has 0 aromatic heterocycles. The minimum atomic E-state index is -0.834. The second kappa shape index (κ2) is 9.40. The fourth-order valence-electron chi connectivity index (χ4n) is 3.37. The fraction of sp³-hybridized carbons (Fsp3) is 0.391. The van der Waals surface area contributed by atoms with Crippen molar-refractivity contribution in [3.63, 3.8) is 0 Å². The van der Waals surface area contributed by atoms with Gasteiger partial charge in [-0.15, -0.1) is 0 Å². The van der Waals surface area contributed by atoms with E-state index in [4.69, 9.17) is 10.5 Å². The summed E-state index contributed by atoms with van der Waals surface area (Å²) in [7, 11) is 0. The first-order chi connectivity index (χ1) is 13.2. The van der Waals surface area contributed by atoms with Crippen molar-refractivity contribution in [2.24, 2.45) is 17.6 Å². The predicted molar refractivity (Wildman–Crippen MR) is 111 cm³/mol. The molecular formula is C23H30N2O3. The molecule has 0 saturated carbocycles. The van der Waals surface area contributed by atoms with E-state index in [2.05, 4.69) is 5.32 Å². The van der Waals surface area contributed by atoms with Crippen molar-refractivity contribution in [3.8, 4) is 0 Å². The quantitative estimate of drug-likeness (QED) is 0.709. The van der Waals surface area contributed by atoms with Gasteiger partial charge in [-0.2, -0.15) is 0 Å². The first-order valence-electron chi connectivity index (χ1n) is 9.58. The summed E-state index contributed by atoms with van der Waals surface area (Å²) in [5, 5.41) is 3.20. The minimum Gasteiger partial charge on any atom is -0.444 e. The van der Waals surface area contributed by atoms with Gasteiger partial charge >= 0.3 is 6.09 Å². The van der Waals surface area contributed by atoms with Crippen LogP contribution in [0.25, 0.3) is 0 Å². The molecule has 2 aromatic rings. The number of nitrogens with two attached hydrogens (primary N) is 1. The van der Waals surface area contributed by atoms with E-state index in [0.717, 1.165) is 11.1 Å². The number of nitrogens with one attached hydrogen (secondary N) is 1. The van der Waals surface area contributed by atoms with E-state index in [1.54, 1.807) is 13.8 Å². The van der Waals surface area contributed by atoms with Crippen molar-refractivity contribution >= 4 is 12.0 Å². The molecule has 0 aliphatic rings. The number of hydrogen-bond acceptors (Lipinski definition) is 3. The maximum absolute atomic E-state index is 13.2. The van der Waals surface area contributed by atoms with Crippen LogP contribution >= 0.6 is 0 Å². The molecular weight excluding hydrogens is 352 g/mol. The van der Waals surface area contributed by atoms with Gasteiger partial charge in [0.2, 0.25) is 5.91 Å². The van der Waals surface area contributed by atoms with Crippen molar-refractivity contribution in [2.75, 3.05) is 0 Å². The zero-order valence-electron chi connectivity index (χ0n) is 17.0. The summed E-state index contributed by atoms with van der Waals surface area (Å²) in [6.45, 7) is 7.52. The SMILES string of the molecule is CC(C)C(CC(C)(C)OC(N)=O)C(=O)NC(c1ccccc1)c1ccccc1. The Morgan fingerprint density at radius 3 is 1.82 bits per heavy atom. The monoisotopic (exact) mass is 382 g/mol. The molecule has 28 heavy (non-hydrogen) atoms. The first kappa shape index (κ1) is 21.5. The molecule has 0 bridgehead atoms. The van der Waals surface area contributed by atoms with Crippen molar-refractivity contribution in [2.45, 2.75) is 45.8 Å². The van der Waals surface area contributed by atoms with Crippen molar-refractivity contribution in [1.29, 1.82) is 0 Å². The van der Waals surface area contributed by atoms with E-state index in [0.29, 0.717) is 6.42 Å². The van der Waals surface area contributed by atoms with Gasteiger partial charge < -0.3 is 15.8 Å². The summed E-state index contributed by atoms with van der Waals surface area (Å²) < 4.78 is 5.20. The molecule has 1 atom stereocenters. The normalized spacial score (nSPS) is 12.6. The van der Waals surface area contributed by atoms with Gasteiger partial charge in [0.1, 0.15) is 5.60 Å². The number of carbonyl (C=O) groups excluding carboxylic acids is 2. The smallest absolute Gasteiger partial charge is 0.405 e. The molecule has 3 N–H and O–H groups in total. The summed E-state index contributed by atoms with van der Waals surface area (Å²) in [5.41, 5.74) is 6.37. The summed E-state index contributed by atoms with van der Waals surface area (Å²) >= 11 is 0. The Morgan fingerprint density at radius 1 is 0.964 bits per heavy atom. The molecule has 0 heterocycles. The lowest BCUT2D eigenvalue weighted by Crippen LogP contribution is -2.42. The molecule has 2 amide bonds. The molecule has 150 valence electrons. The van der Waals surface area contributed by atoms with E-state index in [-0.39, 0.29) is 23.8 Å². The van der Waals surface area contributed by atoms with Crippen LogP contribution in [-0.2, 0) is 9.53 Å². The Balaban J connectivity index is 2.26. The molecule has 5 heteroatoms. The average Bonchev–Trinajstić information content (AvgIpc) is 2.64. The fourth-order valence-corrected chi connectivity index (χ4v) is 3.37. The molecule has 0 spiro atoms. The van der Waals surface area contributed by atoms with Crippen LogP contribution in [0.5, 0.6) is 0 Å². The predicted octanol–water partition coefficient (Wildman–Crippen LogP) is 4.43. The van der Waals surface area contributed by atoms with Crippen molar-refractivity contribution < 1.29 is 14.3 Å². The van der Waals surface area contributed by atoms with Crippen LogP contribution in [0.3, 0.4) is 0 Å². The van der Waals surface area contributed by atoms with Gasteiger partial charge in [-0.05, 0) is 37.3 Å². The molecule has 0 saturated heterocycles. The van der Waals surface area contributed by atoms with Crippen LogP contribution in [0.4, 0.5) is 4.79 Å². The Kier molecular flexibility index (Phi) is 7.21. The highest BCUT2D eigenvalue weighted by Crippen LogP contribution is 2.28. The van der Waals surface area contributed by atoms with Crippen LogP contribution in [0.15, 0.2) is 60.7 Å². The van der Waals surface area contributed by atoms with Gasteiger partial charge in [0, 0.05) is 5.92 Å². The van der Waals surface area contributed by atoms with E-state index in [9.17, 15) is 9.59 Å². The largest absolute Gasteiger partial charge is 0.444 e. The zero-order chi connectivity index (χ0) is 20.7. The van der Waals surface area contributed by atoms with Crippen molar-refractivity contribution in [1.82, 2.24) is 5.32 Å². The van der Waals surface area contributed by atoms with Crippen LogP contribution in [0.2, 0.25) is 0 Å². The molecule has 5 nitrogen and oxygen atoms in total. The lowest BCUT2D eigenvalue weighted by molar-refractivity contribution is -0.129. The van der Waals surface area contributed by atoms with Crippen LogP contribution in [0.1, 0.15) is 51.3 Å². The van der Waals surface area contributed by atoms with Gasteiger partial charge in [0.25, 0.3) is 0 Å². The minimum absolute atomic E-state index is 0.0722. The average molecular weight is 383 g/mol. The Morgan fingerprint density at radius 2 is 1.43 bits per heavy atom. The number of amides is 2. The molecule has 0 aliphatic carbocycles. The molecule has 2 aromatic carbocycles. The second-order valence-electron chi connectivity index (χ2n) is 8.00. The van der Waals surface area contributed by atoms with Crippen LogP contribution in [0, 0.1) is 11.8 Å². The van der Waals surface area contributed by atoms with Gasteiger partial charge in [0.05, 0.1) is 6.04 Å². The van der Waals surface area contributed by atoms with Gasteiger partial charge in [-0.1, -0.05) is 74.5 Å². The summed E-state index contributed by atoms with van der Waals surface area (Å²) in [4.78, 5) is 24.4. The Labute approximate surface area is 167 Å². The zero-order valence-corrected chi connectivity index (χ0v) is 17.0. The molecule has 0 fully saturated rings. The standard InChI is InChI=1S/C23H30N2O3/c1-16(2)19(15-23(3,4)28-22(24)27)21(26)25-20(17-11-7-5-8-12-17)18-13-9-6-10-14-18/h5-14,16,19-20H,15H2,1-4H3,(H2,24,27)(H,25,26). The van der Waals surface area contributed by atoms with Crippen molar-refractivity contribution in [3.05, 3.63) is 71.8 Å². The lowest BCUT2D eigenvalue weighted by atomic mass is 9.84. The topological polar surface area (TPSA) is 81.4 Å². The van der Waals surface area contributed by atoms with E-state index < -0.39 is 11.7 Å². The summed E-state index contributed by atoms with van der Waals surface area (Å²) in [6, 6.07) is 19.5. The maximum atomic E-state index is 13.2. The third kappa shape index (κ3) is 6.12. The highest BCUT2D eigenvalue weighted by molar-refractivity contribution is 5.80. The third-order valence-electron chi connectivity index (χ3n) is 4.78. The van der Waals surface area contributed by atoms with Crippen LogP contribution in [-0.4, -0.2) is 17.6 Å². The first-order valence-corrected chi connectivity index (χ1v) is 9.58. The van der Waals surface area contributed by atoms with E-state index >= 15 is 0 Å². The Bertz CT molecular complexity index is 733. The van der Waals surface area contributed by atoms with Gasteiger partial charge in [-0.25, -0.2) is 4.79 Å².